The van der Waals surface area contributed by atoms with Crippen molar-refractivity contribution in [1.29, 1.82) is 0 Å². The Labute approximate surface area is 161 Å². The van der Waals surface area contributed by atoms with E-state index in [9.17, 15) is 4.79 Å². The second-order valence-electron chi connectivity index (χ2n) is 6.83. The Bertz CT molecular complexity index is 765. The molecule has 1 fully saturated rings. The zero-order chi connectivity index (χ0) is 19.1. The summed E-state index contributed by atoms with van der Waals surface area (Å²) in [4.78, 5) is 23.3. The third-order valence-electron chi connectivity index (χ3n) is 5.14. The van der Waals surface area contributed by atoms with Gasteiger partial charge in [0.2, 0.25) is 0 Å². The number of para-hydroxylation sites is 1. The van der Waals surface area contributed by atoms with Crippen LogP contribution in [-0.2, 0) is 6.42 Å². The molecule has 0 radical (unpaired) electrons. The molecule has 1 saturated heterocycles. The molecule has 1 aliphatic rings. The lowest BCUT2D eigenvalue weighted by molar-refractivity contribution is 0.0602. The molecule has 1 aromatic carbocycles. The average molecular weight is 368 g/mol. The van der Waals surface area contributed by atoms with Crippen LogP contribution in [-0.4, -0.2) is 47.0 Å². The van der Waals surface area contributed by atoms with Crippen molar-refractivity contribution < 1.29 is 9.53 Å². The van der Waals surface area contributed by atoms with Gasteiger partial charge >= 0.3 is 0 Å². The van der Waals surface area contributed by atoms with Crippen molar-refractivity contribution in [2.45, 2.75) is 45.1 Å². The molecule has 0 spiro atoms. The predicted octanol–water partition coefficient (Wildman–Crippen LogP) is 3.54. The van der Waals surface area contributed by atoms with Crippen LogP contribution in [0.5, 0.6) is 5.75 Å². The molecule has 1 amide bonds. The predicted molar refractivity (Wildman–Crippen MR) is 106 cm³/mol. The van der Waals surface area contributed by atoms with Crippen molar-refractivity contribution in [3.05, 3.63) is 47.9 Å². The maximum absolute atomic E-state index is 12.9. The van der Waals surface area contributed by atoms with Crippen molar-refractivity contribution in [2.75, 3.05) is 25.5 Å². The van der Waals surface area contributed by atoms with Crippen molar-refractivity contribution >= 4 is 11.7 Å². The Hall–Kier alpha value is -2.63. The largest absolute Gasteiger partial charge is 0.496 e. The second-order valence-corrected chi connectivity index (χ2v) is 6.83. The lowest BCUT2D eigenvalue weighted by Crippen LogP contribution is -2.43. The SMILES string of the molecule is CCC1CCCCN1C(=O)c1cc(NCCc2ccccc2OC)ncn1. The van der Waals surface area contributed by atoms with Crippen LogP contribution in [0, 0.1) is 0 Å². The minimum atomic E-state index is 0.0109. The van der Waals surface area contributed by atoms with E-state index >= 15 is 0 Å². The smallest absolute Gasteiger partial charge is 0.272 e. The Balaban J connectivity index is 1.62. The van der Waals surface area contributed by atoms with E-state index in [-0.39, 0.29) is 5.91 Å². The molecule has 1 aliphatic heterocycles. The van der Waals surface area contributed by atoms with Crippen LogP contribution >= 0.6 is 0 Å². The third-order valence-corrected chi connectivity index (χ3v) is 5.14. The molecule has 1 aromatic heterocycles. The minimum Gasteiger partial charge on any atom is -0.496 e. The fourth-order valence-electron chi connectivity index (χ4n) is 3.65. The maximum atomic E-state index is 12.9. The van der Waals surface area contributed by atoms with Crippen LogP contribution in [0.3, 0.4) is 0 Å². The highest BCUT2D eigenvalue weighted by atomic mass is 16.5. The number of amides is 1. The molecule has 0 aliphatic carbocycles. The molecule has 2 heterocycles. The van der Waals surface area contributed by atoms with Gasteiger partial charge in [0.15, 0.2) is 0 Å². The fourth-order valence-corrected chi connectivity index (χ4v) is 3.65. The van der Waals surface area contributed by atoms with Crippen molar-refractivity contribution in [3.8, 4) is 5.75 Å². The number of piperidine rings is 1. The van der Waals surface area contributed by atoms with Gasteiger partial charge in [-0.3, -0.25) is 4.79 Å². The van der Waals surface area contributed by atoms with Gasteiger partial charge in [-0.2, -0.15) is 0 Å². The standard InChI is InChI=1S/C21H28N4O2/c1-3-17-9-6-7-13-25(17)21(26)18-14-20(24-15-23-18)22-12-11-16-8-4-5-10-19(16)27-2/h4-5,8,10,14-15,17H,3,6-7,9,11-13H2,1-2H3,(H,22,23,24). The molecule has 1 atom stereocenters. The molecule has 6 nitrogen and oxygen atoms in total. The summed E-state index contributed by atoms with van der Waals surface area (Å²) in [6, 6.07) is 10.1. The first-order chi connectivity index (χ1) is 13.2. The number of carbonyl (C=O) groups is 1. The Kier molecular flexibility index (Phi) is 6.63. The third kappa shape index (κ3) is 4.76. The monoisotopic (exact) mass is 368 g/mol. The average Bonchev–Trinajstić information content (AvgIpc) is 2.73. The van der Waals surface area contributed by atoms with Crippen LogP contribution in [0.2, 0.25) is 0 Å². The van der Waals surface area contributed by atoms with E-state index in [4.69, 9.17) is 4.74 Å². The van der Waals surface area contributed by atoms with E-state index in [0.717, 1.165) is 43.5 Å². The molecule has 144 valence electrons. The Morgan fingerprint density at radius 1 is 1.30 bits per heavy atom. The summed E-state index contributed by atoms with van der Waals surface area (Å²) < 4.78 is 5.38. The molecule has 1 N–H and O–H groups in total. The number of ether oxygens (including phenoxy) is 1. The molecule has 0 bridgehead atoms. The zero-order valence-electron chi connectivity index (χ0n) is 16.1. The minimum absolute atomic E-state index is 0.0109. The zero-order valence-corrected chi connectivity index (χ0v) is 16.1. The number of hydrogen-bond donors (Lipinski definition) is 1. The number of anilines is 1. The van der Waals surface area contributed by atoms with Crippen LogP contribution in [0.4, 0.5) is 5.82 Å². The lowest BCUT2D eigenvalue weighted by atomic mass is 9.99. The molecular weight excluding hydrogens is 340 g/mol. The summed E-state index contributed by atoms with van der Waals surface area (Å²) >= 11 is 0. The summed E-state index contributed by atoms with van der Waals surface area (Å²) in [7, 11) is 1.68. The summed E-state index contributed by atoms with van der Waals surface area (Å²) in [5, 5.41) is 3.29. The first kappa shape index (κ1) is 19.1. The van der Waals surface area contributed by atoms with Gasteiger partial charge < -0.3 is 15.0 Å². The van der Waals surface area contributed by atoms with Gasteiger partial charge in [0, 0.05) is 25.2 Å². The van der Waals surface area contributed by atoms with Gasteiger partial charge in [0.05, 0.1) is 7.11 Å². The van der Waals surface area contributed by atoms with Gasteiger partial charge in [0.1, 0.15) is 23.6 Å². The van der Waals surface area contributed by atoms with Gasteiger partial charge in [0.25, 0.3) is 5.91 Å². The van der Waals surface area contributed by atoms with Crippen LogP contribution in [0.15, 0.2) is 36.7 Å². The number of carbonyl (C=O) groups excluding carboxylic acids is 1. The molecule has 6 heteroatoms. The summed E-state index contributed by atoms with van der Waals surface area (Å²) in [6.07, 6.45) is 6.60. The number of methoxy groups -OCH3 is 1. The first-order valence-corrected chi connectivity index (χ1v) is 9.71. The van der Waals surface area contributed by atoms with Gasteiger partial charge in [-0.05, 0) is 43.7 Å². The number of nitrogens with one attached hydrogen (secondary N) is 1. The molecule has 3 rings (SSSR count). The number of aromatic nitrogens is 2. The first-order valence-electron chi connectivity index (χ1n) is 9.71. The van der Waals surface area contributed by atoms with E-state index in [1.807, 2.05) is 23.1 Å². The molecule has 27 heavy (non-hydrogen) atoms. The van der Waals surface area contributed by atoms with E-state index in [1.54, 1.807) is 13.2 Å². The van der Waals surface area contributed by atoms with Crippen LogP contribution in [0.1, 0.15) is 48.7 Å². The molecule has 1 unspecified atom stereocenters. The maximum Gasteiger partial charge on any atom is 0.272 e. The molecular formula is C21H28N4O2. The van der Waals surface area contributed by atoms with Gasteiger partial charge in [-0.25, -0.2) is 9.97 Å². The quantitative estimate of drug-likeness (QED) is 0.810. The van der Waals surface area contributed by atoms with Gasteiger partial charge in [-0.15, -0.1) is 0 Å². The fraction of sp³-hybridized carbons (Fsp3) is 0.476. The highest BCUT2D eigenvalue weighted by molar-refractivity contribution is 5.93. The van der Waals surface area contributed by atoms with E-state index < -0.39 is 0 Å². The van der Waals surface area contributed by atoms with E-state index in [0.29, 0.717) is 24.1 Å². The summed E-state index contributed by atoms with van der Waals surface area (Å²) in [5.41, 5.74) is 1.60. The highest BCUT2D eigenvalue weighted by Crippen LogP contribution is 2.22. The summed E-state index contributed by atoms with van der Waals surface area (Å²) in [5.74, 6) is 1.57. The van der Waals surface area contributed by atoms with Crippen molar-refractivity contribution in [2.24, 2.45) is 0 Å². The topological polar surface area (TPSA) is 67.4 Å². The van der Waals surface area contributed by atoms with Crippen molar-refractivity contribution in [3.63, 3.8) is 0 Å². The Morgan fingerprint density at radius 2 is 2.15 bits per heavy atom. The van der Waals surface area contributed by atoms with Crippen LogP contribution in [0.25, 0.3) is 0 Å². The molecule has 0 saturated carbocycles. The van der Waals surface area contributed by atoms with E-state index in [1.165, 1.54) is 12.7 Å². The van der Waals surface area contributed by atoms with Crippen LogP contribution < -0.4 is 10.1 Å². The number of nitrogens with zero attached hydrogens (tertiary/aromatic N) is 3. The summed E-state index contributed by atoms with van der Waals surface area (Å²) in [6.45, 7) is 3.66. The lowest BCUT2D eigenvalue weighted by Gasteiger charge is -2.35. The van der Waals surface area contributed by atoms with Crippen molar-refractivity contribution in [1.82, 2.24) is 14.9 Å². The van der Waals surface area contributed by atoms with E-state index in [2.05, 4.69) is 28.3 Å². The highest BCUT2D eigenvalue weighted by Gasteiger charge is 2.27. The number of benzene rings is 1. The number of hydrogen-bond acceptors (Lipinski definition) is 5. The Morgan fingerprint density at radius 3 is 2.96 bits per heavy atom. The normalized spacial score (nSPS) is 16.8. The second kappa shape index (κ2) is 9.35. The molecule has 2 aromatic rings. The number of likely N-dealkylation sites (tertiary alicyclic amines) is 1. The number of rotatable bonds is 7. The van der Waals surface area contributed by atoms with Gasteiger partial charge in [-0.1, -0.05) is 25.1 Å².